The van der Waals surface area contributed by atoms with Crippen LogP contribution in [0.4, 0.5) is 4.79 Å². The maximum absolute atomic E-state index is 11.1. The maximum atomic E-state index is 11.1. The average Bonchev–Trinajstić information content (AvgIpc) is 2.34. The number of unbranched alkanes of at least 4 members (excludes halogenated alkanes) is 1. The van der Waals surface area contributed by atoms with Gasteiger partial charge in [0.05, 0.1) is 6.10 Å². The average molecular weight is 307 g/mol. The predicted octanol–water partition coefficient (Wildman–Crippen LogP) is 2.96. The van der Waals surface area contributed by atoms with Gasteiger partial charge in [-0.2, -0.15) is 4.79 Å². The van der Waals surface area contributed by atoms with Crippen LogP contribution in [0.15, 0.2) is 18.2 Å². The minimum atomic E-state index is -0.891. The third kappa shape index (κ3) is 4.66. The van der Waals surface area contributed by atoms with Gasteiger partial charge in [0.1, 0.15) is 0 Å². The number of halogens is 2. The summed E-state index contributed by atoms with van der Waals surface area (Å²) in [6, 6.07) is 4.97. The molecule has 0 saturated heterocycles. The second-order valence-electron chi connectivity index (χ2n) is 4.26. The zero-order valence-corrected chi connectivity index (χ0v) is 12.2. The molecule has 0 radical (unpaired) electrons. The van der Waals surface area contributed by atoms with Crippen molar-refractivity contribution in [1.82, 2.24) is 0 Å². The number of hydrogen-bond donors (Lipinski definition) is 2. The first-order valence-electron chi connectivity index (χ1n) is 6.12. The molecule has 1 aromatic rings. The van der Waals surface area contributed by atoms with E-state index in [4.69, 9.17) is 27.9 Å². The van der Waals surface area contributed by atoms with Crippen LogP contribution in [0, 0.1) is 0 Å². The van der Waals surface area contributed by atoms with E-state index in [1.54, 1.807) is 18.2 Å². The molecule has 2 atom stereocenters. The van der Waals surface area contributed by atoms with Gasteiger partial charge in [-0.3, -0.25) is 5.73 Å². The molecule has 0 aliphatic carbocycles. The summed E-state index contributed by atoms with van der Waals surface area (Å²) in [7, 11) is 0. The SMILES string of the molecule is CCCC[C@@H](O)[C@H](OC([NH3+])=O)c1c(Cl)cccc1Cl. The Hall–Kier alpha value is -0.810. The van der Waals surface area contributed by atoms with Crippen molar-refractivity contribution in [2.75, 3.05) is 0 Å². The number of quaternary nitrogens is 1. The van der Waals surface area contributed by atoms with E-state index in [9.17, 15) is 9.90 Å². The van der Waals surface area contributed by atoms with Crippen LogP contribution in [0.2, 0.25) is 10.0 Å². The lowest BCUT2D eigenvalue weighted by Gasteiger charge is -2.23. The summed E-state index contributed by atoms with van der Waals surface area (Å²) in [5.74, 6) is 0. The molecule has 0 bridgehead atoms. The van der Waals surface area contributed by atoms with E-state index in [-0.39, 0.29) is 0 Å². The zero-order chi connectivity index (χ0) is 14.4. The Balaban J connectivity index is 3.05. The molecular formula is C13H18Cl2NO3+. The number of aliphatic hydroxyl groups is 1. The molecule has 0 aliphatic heterocycles. The van der Waals surface area contributed by atoms with Gasteiger partial charge in [0.15, 0.2) is 6.10 Å². The topological polar surface area (TPSA) is 74.2 Å². The molecule has 1 rings (SSSR count). The zero-order valence-electron chi connectivity index (χ0n) is 10.7. The highest BCUT2D eigenvalue weighted by atomic mass is 35.5. The first-order valence-corrected chi connectivity index (χ1v) is 6.87. The Labute approximate surface area is 122 Å². The van der Waals surface area contributed by atoms with Gasteiger partial charge in [0.2, 0.25) is 0 Å². The van der Waals surface area contributed by atoms with Gasteiger partial charge >= 0.3 is 6.09 Å². The third-order valence-corrected chi connectivity index (χ3v) is 3.40. The summed E-state index contributed by atoms with van der Waals surface area (Å²) in [6.07, 6.45) is -0.236. The molecule has 0 fully saturated rings. The lowest BCUT2D eigenvalue weighted by Crippen LogP contribution is -2.58. The van der Waals surface area contributed by atoms with Crippen molar-refractivity contribution in [3.05, 3.63) is 33.8 Å². The summed E-state index contributed by atoms with van der Waals surface area (Å²) in [4.78, 5) is 11.1. The largest absolute Gasteiger partial charge is 0.511 e. The fraction of sp³-hybridized carbons (Fsp3) is 0.462. The van der Waals surface area contributed by atoms with E-state index in [2.05, 4.69) is 5.73 Å². The molecular weight excluding hydrogens is 289 g/mol. The number of benzene rings is 1. The Bertz CT molecular complexity index is 420. The van der Waals surface area contributed by atoms with Gasteiger partial charge < -0.3 is 9.84 Å². The van der Waals surface area contributed by atoms with Gasteiger partial charge in [-0.05, 0) is 18.6 Å². The minimum Gasteiger partial charge on any atom is -0.409 e. The summed E-state index contributed by atoms with van der Waals surface area (Å²) in [5.41, 5.74) is 3.59. The molecule has 6 heteroatoms. The second-order valence-corrected chi connectivity index (χ2v) is 5.07. The van der Waals surface area contributed by atoms with Crippen molar-refractivity contribution in [3.63, 3.8) is 0 Å². The smallest absolute Gasteiger partial charge is 0.409 e. The van der Waals surface area contributed by atoms with Crippen LogP contribution in [-0.4, -0.2) is 17.3 Å². The predicted molar refractivity (Wildman–Crippen MR) is 74.1 cm³/mol. The highest BCUT2D eigenvalue weighted by Crippen LogP contribution is 2.35. The van der Waals surface area contributed by atoms with Crippen LogP contribution >= 0.6 is 23.2 Å². The Morgan fingerprint density at radius 1 is 1.42 bits per heavy atom. The number of rotatable bonds is 6. The molecule has 1 aromatic carbocycles. The van der Waals surface area contributed by atoms with E-state index in [0.29, 0.717) is 22.0 Å². The highest BCUT2D eigenvalue weighted by molar-refractivity contribution is 6.36. The number of hydrogen-bond acceptors (Lipinski definition) is 3. The fourth-order valence-electron chi connectivity index (χ4n) is 1.82. The molecule has 0 saturated carbocycles. The summed E-state index contributed by atoms with van der Waals surface area (Å²) >= 11 is 12.2. The third-order valence-electron chi connectivity index (χ3n) is 2.75. The summed E-state index contributed by atoms with van der Waals surface area (Å²) in [5, 5.41) is 10.9. The molecule has 19 heavy (non-hydrogen) atoms. The lowest BCUT2D eigenvalue weighted by atomic mass is 10.00. The van der Waals surface area contributed by atoms with Gasteiger partial charge in [0, 0.05) is 15.6 Å². The Morgan fingerprint density at radius 3 is 2.47 bits per heavy atom. The normalized spacial score (nSPS) is 13.9. The number of carbonyl (C=O) groups excluding carboxylic acids is 1. The van der Waals surface area contributed by atoms with Crippen LogP contribution in [0.5, 0.6) is 0 Å². The van der Waals surface area contributed by atoms with Gasteiger partial charge in [0.25, 0.3) is 0 Å². The van der Waals surface area contributed by atoms with Crippen molar-refractivity contribution in [1.29, 1.82) is 0 Å². The van der Waals surface area contributed by atoms with Crippen molar-refractivity contribution >= 4 is 29.3 Å². The molecule has 0 aromatic heterocycles. The van der Waals surface area contributed by atoms with Crippen molar-refractivity contribution < 1.29 is 20.4 Å². The quantitative estimate of drug-likeness (QED) is 0.848. The maximum Gasteiger partial charge on any atom is 0.511 e. The van der Waals surface area contributed by atoms with Crippen molar-refractivity contribution in [2.45, 2.75) is 38.4 Å². The lowest BCUT2D eigenvalue weighted by molar-refractivity contribution is -0.291. The fourth-order valence-corrected chi connectivity index (χ4v) is 2.43. The van der Waals surface area contributed by atoms with Gasteiger partial charge in [-0.1, -0.05) is 49.0 Å². The Morgan fingerprint density at radius 2 is 2.00 bits per heavy atom. The molecule has 0 heterocycles. The van der Waals surface area contributed by atoms with Crippen LogP contribution in [-0.2, 0) is 4.74 Å². The van der Waals surface area contributed by atoms with Crippen LogP contribution in [0.25, 0.3) is 0 Å². The van der Waals surface area contributed by atoms with E-state index in [0.717, 1.165) is 12.8 Å². The van der Waals surface area contributed by atoms with Crippen molar-refractivity contribution in [3.8, 4) is 0 Å². The van der Waals surface area contributed by atoms with E-state index >= 15 is 0 Å². The van der Waals surface area contributed by atoms with Crippen LogP contribution < -0.4 is 5.73 Å². The molecule has 1 amide bonds. The first-order chi connectivity index (χ1) is 8.97. The second kappa shape index (κ2) is 7.70. The molecule has 0 aliphatic rings. The number of ether oxygens (including phenoxy) is 1. The highest BCUT2D eigenvalue weighted by Gasteiger charge is 2.29. The number of aliphatic hydroxyl groups excluding tert-OH is 1. The molecule has 4 nitrogen and oxygen atoms in total. The number of carbonyl (C=O) groups is 1. The summed E-state index contributed by atoms with van der Waals surface area (Å²) in [6.45, 7) is 2.01. The standard InChI is InChI=1S/C13H17Cl2NO3/c1-2-3-7-10(17)12(19-13(16)18)11-8(14)5-4-6-9(11)15/h4-6,10,12,17H,2-3,7H2,1H3,(H2,16,18)/p+1/t10-,12+/m1/s1. The number of amides is 1. The first kappa shape index (κ1) is 16.2. The van der Waals surface area contributed by atoms with Crippen LogP contribution in [0.1, 0.15) is 37.9 Å². The Kier molecular flexibility index (Phi) is 6.58. The van der Waals surface area contributed by atoms with Crippen molar-refractivity contribution in [2.24, 2.45) is 0 Å². The van der Waals surface area contributed by atoms with E-state index in [1.807, 2.05) is 6.92 Å². The van der Waals surface area contributed by atoms with Gasteiger partial charge in [-0.15, -0.1) is 0 Å². The van der Waals surface area contributed by atoms with E-state index < -0.39 is 18.3 Å². The molecule has 4 N–H and O–H groups in total. The van der Waals surface area contributed by atoms with Crippen LogP contribution in [0.3, 0.4) is 0 Å². The molecule has 106 valence electrons. The monoisotopic (exact) mass is 306 g/mol. The minimum absolute atomic E-state index is 0.356. The van der Waals surface area contributed by atoms with E-state index in [1.165, 1.54) is 0 Å². The van der Waals surface area contributed by atoms with Gasteiger partial charge in [-0.25, -0.2) is 0 Å². The summed E-state index contributed by atoms with van der Waals surface area (Å²) < 4.78 is 5.09. The molecule has 0 unspecified atom stereocenters. The molecule has 0 spiro atoms.